The molecule has 12 nitrogen and oxygen atoms in total. The first-order valence-electron chi connectivity index (χ1n) is 15.4. The first-order valence-corrected chi connectivity index (χ1v) is 15.7. The van der Waals surface area contributed by atoms with Gasteiger partial charge < -0.3 is 30.8 Å². The number of carbonyl (C=O) groups is 2. The van der Waals surface area contributed by atoms with Crippen LogP contribution < -0.4 is 11.5 Å². The Morgan fingerprint density at radius 2 is 1.26 bits per heavy atom. The number of hydrogen-bond donors (Lipinski definition) is 4. The van der Waals surface area contributed by atoms with Crippen molar-refractivity contribution in [2.24, 2.45) is 25.6 Å². The summed E-state index contributed by atoms with van der Waals surface area (Å²) in [5.41, 5.74) is 19.2. The van der Waals surface area contributed by atoms with Crippen molar-refractivity contribution in [3.8, 4) is 11.1 Å². The van der Waals surface area contributed by atoms with Gasteiger partial charge in [0.05, 0.1) is 41.7 Å². The predicted molar refractivity (Wildman–Crippen MR) is 173 cm³/mol. The number of aromatic nitrogens is 4. The largest absolute Gasteiger partial charge is 0.395 e. The lowest BCUT2D eigenvalue weighted by Gasteiger charge is -2.36. The molecule has 46 heavy (non-hydrogen) atoms. The summed E-state index contributed by atoms with van der Waals surface area (Å²) in [4.78, 5) is 38.1. The second kappa shape index (κ2) is 12.6. The molecule has 2 amide bonds. The summed E-state index contributed by atoms with van der Waals surface area (Å²) in [6.45, 7) is 4.15. The van der Waals surface area contributed by atoms with Crippen LogP contribution in [0.1, 0.15) is 72.8 Å². The van der Waals surface area contributed by atoms with Crippen molar-refractivity contribution < 1.29 is 19.8 Å². The fourth-order valence-corrected chi connectivity index (χ4v) is 7.65. The molecule has 0 fully saturated rings. The van der Waals surface area contributed by atoms with Gasteiger partial charge in [-0.1, -0.05) is 48.0 Å². The van der Waals surface area contributed by atoms with E-state index in [1.165, 1.54) is 0 Å². The number of carbonyl (C=O) groups excluding carboxylic acids is 2. The number of nitrogens with two attached hydrogens (primary N) is 2. The quantitative estimate of drug-likeness (QED) is 0.214. The molecule has 13 heteroatoms. The summed E-state index contributed by atoms with van der Waals surface area (Å²) < 4.78 is 3.53. The number of nitrogens with zero attached hydrogens (tertiary/aromatic N) is 6. The normalized spacial score (nSPS) is 18.4. The van der Waals surface area contributed by atoms with Gasteiger partial charge in [0.15, 0.2) is 11.6 Å². The lowest BCUT2D eigenvalue weighted by Crippen LogP contribution is -2.39. The highest BCUT2D eigenvalue weighted by atomic mass is 35.5. The molecule has 2 aromatic heterocycles. The van der Waals surface area contributed by atoms with Crippen LogP contribution >= 0.6 is 11.6 Å². The van der Waals surface area contributed by atoms with Crippen LogP contribution in [-0.4, -0.2) is 90.3 Å². The number of benzene rings is 2. The average molecular weight is 647 g/mol. The molecular formula is C33H39ClN8O4. The smallest absolute Gasteiger partial charge is 0.284 e. The van der Waals surface area contributed by atoms with Gasteiger partial charge in [-0.05, 0) is 29.2 Å². The van der Waals surface area contributed by atoms with Crippen molar-refractivity contribution in [2.45, 2.75) is 31.8 Å². The third kappa shape index (κ3) is 5.19. The number of β-amino-alcohol motifs (C(OH)–C–C–N with tert-alkyl or cyclic N) is 2. The molecule has 0 radical (unpaired) electrons. The van der Waals surface area contributed by atoms with Gasteiger partial charge in [0.25, 0.3) is 11.8 Å². The summed E-state index contributed by atoms with van der Waals surface area (Å²) in [5.74, 6) is -0.798. The highest BCUT2D eigenvalue weighted by molar-refractivity contribution is 6.34. The number of aliphatic hydroxyl groups excluding tert-OH is 2. The van der Waals surface area contributed by atoms with Crippen molar-refractivity contribution in [1.82, 2.24) is 28.9 Å². The molecule has 2 aromatic carbocycles. The third-order valence-electron chi connectivity index (χ3n) is 9.51. The zero-order chi connectivity index (χ0) is 32.9. The topological polar surface area (TPSA) is 169 Å². The number of fused-ring (bicyclic) bond motifs is 2. The van der Waals surface area contributed by atoms with Crippen molar-refractivity contribution >= 4 is 23.4 Å². The molecule has 0 saturated carbocycles. The Labute approximate surface area is 272 Å². The van der Waals surface area contributed by atoms with E-state index in [1.54, 1.807) is 16.2 Å². The minimum Gasteiger partial charge on any atom is -0.395 e. The number of imidazole rings is 2. The number of halogens is 1. The Morgan fingerprint density at radius 3 is 1.74 bits per heavy atom. The van der Waals surface area contributed by atoms with E-state index in [1.807, 2.05) is 44.3 Å². The van der Waals surface area contributed by atoms with E-state index in [0.717, 1.165) is 44.9 Å². The van der Waals surface area contributed by atoms with Gasteiger partial charge in [0, 0.05) is 70.1 Å². The first kappa shape index (κ1) is 31.9. The number of hydrogen-bond acceptors (Lipinski definition) is 8. The van der Waals surface area contributed by atoms with Crippen molar-refractivity contribution in [3.63, 3.8) is 0 Å². The first-order chi connectivity index (χ1) is 22.1. The van der Waals surface area contributed by atoms with E-state index in [2.05, 4.69) is 20.9 Å². The van der Waals surface area contributed by atoms with Crippen molar-refractivity contribution in [3.05, 3.63) is 92.5 Å². The van der Waals surface area contributed by atoms with E-state index >= 15 is 0 Å². The standard InChI is InChI=1S/C33H39ClN8O4/c1-18-19(6-4-7-20(18)28-26-23(10-12-41(28)14-16-43)39(2)32(37-26)30(35)45)21-8-5-9-22(25(21)34)29-27-24(11-13-42(29)15-17-44)40(3)33(38-27)31(36)46/h4-9,28-29,43-44H,10-17H2,1-3H3,(H2,35,45)(H2,36,46). The van der Waals surface area contributed by atoms with Crippen LogP contribution in [-0.2, 0) is 26.9 Å². The molecule has 2 aliphatic rings. The second-order valence-electron chi connectivity index (χ2n) is 11.9. The molecule has 6 N–H and O–H groups in total. The molecule has 4 aromatic rings. The van der Waals surface area contributed by atoms with Crippen LogP contribution in [0.4, 0.5) is 0 Å². The van der Waals surface area contributed by atoms with E-state index in [4.69, 9.17) is 28.1 Å². The maximum Gasteiger partial charge on any atom is 0.284 e. The van der Waals surface area contributed by atoms with Crippen LogP contribution in [0, 0.1) is 6.92 Å². The molecule has 2 unspecified atom stereocenters. The third-order valence-corrected chi connectivity index (χ3v) is 9.93. The lowest BCUT2D eigenvalue weighted by molar-refractivity contribution is 0.0979. The molecule has 0 saturated heterocycles. The number of aliphatic hydroxyl groups is 2. The lowest BCUT2D eigenvalue weighted by atomic mass is 9.87. The summed E-state index contributed by atoms with van der Waals surface area (Å²) in [6, 6.07) is 11.3. The maximum atomic E-state index is 12.2. The van der Waals surface area contributed by atoms with Gasteiger partial charge in [0.2, 0.25) is 0 Å². The van der Waals surface area contributed by atoms with E-state index in [0.29, 0.717) is 49.7 Å². The van der Waals surface area contributed by atoms with E-state index in [9.17, 15) is 19.8 Å². The molecule has 0 bridgehead atoms. The van der Waals surface area contributed by atoms with Gasteiger partial charge in [-0.2, -0.15) is 0 Å². The van der Waals surface area contributed by atoms with Crippen LogP contribution in [0.3, 0.4) is 0 Å². The Hall–Kier alpha value is -4.07. The predicted octanol–water partition coefficient (Wildman–Crippen LogP) is 1.86. The van der Waals surface area contributed by atoms with Crippen LogP contribution in [0.15, 0.2) is 36.4 Å². The Balaban J connectivity index is 1.49. The number of primary amides is 2. The fourth-order valence-electron chi connectivity index (χ4n) is 7.32. The number of amides is 2. The van der Waals surface area contributed by atoms with Crippen LogP contribution in [0.25, 0.3) is 11.1 Å². The summed E-state index contributed by atoms with van der Waals surface area (Å²) in [7, 11) is 3.60. The molecule has 4 heterocycles. The summed E-state index contributed by atoms with van der Waals surface area (Å²) in [5, 5.41) is 20.4. The van der Waals surface area contributed by atoms with Gasteiger partial charge in [-0.15, -0.1) is 0 Å². The van der Waals surface area contributed by atoms with Gasteiger partial charge in [-0.25, -0.2) is 9.97 Å². The molecule has 2 atom stereocenters. The van der Waals surface area contributed by atoms with Crippen molar-refractivity contribution in [2.75, 3.05) is 39.4 Å². The van der Waals surface area contributed by atoms with Crippen LogP contribution in [0.2, 0.25) is 5.02 Å². The minimum absolute atomic E-state index is 0.0212. The average Bonchev–Trinajstić information content (AvgIpc) is 3.55. The summed E-state index contributed by atoms with van der Waals surface area (Å²) >= 11 is 7.32. The second-order valence-corrected chi connectivity index (χ2v) is 12.3. The zero-order valence-corrected chi connectivity index (χ0v) is 27.0. The van der Waals surface area contributed by atoms with Crippen LogP contribution in [0.5, 0.6) is 0 Å². The molecule has 6 rings (SSSR count). The highest BCUT2D eigenvalue weighted by Gasteiger charge is 2.37. The maximum absolute atomic E-state index is 12.2. The van der Waals surface area contributed by atoms with Gasteiger partial charge in [-0.3, -0.25) is 19.4 Å². The molecular weight excluding hydrogens is 608 g/mol. The Morgan fingerprint density at radius 1 is 0.804 bits per heavy atom. The number of rotatable bonds is 9. The van der Waals surface area contributed by atoms with E-state index in [-0.39, 0.29) is 30.9 Å². The van der Waals surface area contributed by atoms with E-state index < -0.39 is 17.9 Å². The summed E-state index contributed by atoms with van der Waals surface area (Å²) in [6.07, 6.45) is 1.33. The van der Waals surface area contributed by atoms with Gasteiger partial charge >= 0.3 is 0 Å². The monoisotopic (exact) mass is 646 g/mol. The molecule has 242 valence electrons. The molecule has 0 aliphatic carbocycles. The highest BCUT2D eigenvalue weighted by Crippen LogP contribution is 2.44. The minimum atomic E-state index is -0.603. The zero-order valence-electron chi connectivity index (χ0n) is 26.2. The SMILES string of the molecule is Cc1c(-c2cccc(C3c4nc(C(N)=O)n(C)c4CCN3CCO)c2Cl)cccc1C1c2nc(C(N)=O)n(C)c2CCN1CCO. The van der Waals surface area contributed by atoms with Gasteiger partial charge in [0.1, 0.15) is 0 Å². The Kier molecular flexibility index (Phi) is 8.75. The van der Waals surface area contributed by atoms with Crippen molar-refractivity contribution in [1.29, 1.82) is 0 Å². The Bertz CT molecular complexity index is 1700. The molecule has 0 spiro atoms. The molecule has 2 aliphatic heterocycles. The fraction of sp³-hybridized carbons (Fsp3) is 0.394.